The third kappa shape index (κ3) is 3.77. The second-order valence-corrected chi connectivity index (χ2v) is 7.10. The average molecular weight is 317 g/mol. The van der Waals surface area contributed by atoms with E-state index in [4.69, 9.17) is 0 Å². The monoisotopic (exact) mass is 317 g/mol. The van der Waals surface area contributed by atoms with Crippen molar-refractivity contribution >= 4 is 17.2 Å². The van der Waals surface area contributed by atoms with Gasteiger partial charge in [0.2, 0.25) is 5.91 Å². The molecule has 2 aromatic heterocycles. The van der Waals surface area contributed by atoms with Crippen LogP contribution in [-0.2, 0) is 11.2 Å². The second kappa shape index (κ2) is 7.09. The molecular weight excluding hydrogens is 294 g/mol. The van der Waals surface area contributed by atoms with Crippen molar-refractivity contribution in [2.24, 2.45) is 0 Å². The number of aromatic nitrogens is 2. The third-order valence-corrected chi connectivity index (χ3v) is 5.18. The zero-order chi connectivity index (χ0) is 15.4. The van der Waals surface area contributed by atoms with Crippen LogP contribution < -0.4 is 0 Å². The lowest BCUT2D eigenvalue weighted by Gasteiger charge is -2.33. The maximum absolute atomic E-state index is 12.4. The van der Waals surface area contributed by atoms with Crippen molar-refractivity contribution in [2.45, 2.75) is 45.1 Å². The number of carbonyl (C=O) groups excluding carboxylic acids is 1. The number of carbonyl (C=O) groups is 1. The van der Waals surface area contributed by atoms with Crippen molar-refractivity contribution < 1.29 is 4.79 Å². The highest BCUT2D eigenvalue weighted by Crippen LogP contribution is 2.22. The van der Waals surface area contributed by atoms with Crippen LogP contribution in [0.25, 0.3) is 0 Å². The number of aryl methyl sites for hydroxylation is 2. The maximum atomic E-state index is 12.4. The SMILES string of the molecule is Cc1cnn(C2CCCN(C(=O)CCCc3cccs3)C2)c1. The summed E-state index contributed by atoms with van der Waals surface area (Å²) in [4.78, 5) is 15.8. The maximum Gasteiger partial charge on any atom is 0.222 e. The van der Waals surface area contributed by atoms with E-state index in [0.717, 1.165) is 38.8 Å². The van der Waals surface area contributed by atoms with Gasteiger partial charge in [-0.3, -0.25) is 9.48 Å². The van der Waals surface area contributed by atoms with Crippen LogP contribution in [0, 0.1) is 6.92 Å². The molecule has 0 N–H and O–H groups in total. The van der Waals surface area contributed by atoms with E-state index in [-0.39, 0.29) is 0 Å². The van der Waals surface area contributed by atoms with Gasteiger partial charge in [-0.2, -0.15) is 5.10 Å². The quantitative estimate of drug-likeness (QED) is 0.847. The molecule has 1 aliphatic rings. The number of hydrogen-bond donors (Lipinski definition) is 0. The van der Waals surface area contributed by atoms with Crippen LogP contribution in [-0.4, -0.2) is 33.7 Å². The number of amides is 1. The van der Waals surface area contributed by atoms with Crippen molar-refractivity contribution in [2.75, 3.05) is 13.1 Å². The number of thiophene rings is 1. The molecule has 3 rings (SSSR count). The summed E-state index contributed by atoms with van der Waals surface area (Å²) in [6.07, 6.45) is 8.76. The zero-order valence-corrected chi connectivity index (χ0v) is 13.9. The first-order valence-corrected chi connectivity index (χ1v) is 8.91. The van der Waals surface area contributed by atoms with Crippen LogP contribution in [0.3, 0.4) is 0 Å². The Morgan fingerprint density at radius 1 is 1.50 bits per heavy atom. The number of likely N-dealkylation sites (tertiary alicyclic amines) is 1. The summed E-state index contributed by atoms with van der Waals surface area (Å²) >= 11 is 1.77. The van der Waals surface area contributed by atoms with E-state index in [0.29, 0.717) is 18.4 Å². The molecule has 0 spiro atoms. The fourth-order valence-corrected chi connectivity index (χ4v) is 3.81. The highest BCUT2D eigenvalue weighted by atomic mass is 32.1. The third-order valence-electron chi connectivity index (χ3n) is 4.25. The van der Waals surface area contributed by atoms with Crippen LogP contribution >= 0.6 is 11.3 Å². The minimum Gasteiger partial charge on any atom is -0.341 e. The molecule has 5 heteroatoms. The Kier molecular flexibility index (Phi) is 4.93. The standard InChI is InChI=1S/C17H23N3OS/c1-14-11-18-20(12-14)15-5-3-9-19(13-15)17(21)8-2-6-16-7-4-10-22-16/h4,7,10-12,15H,2-3,5-6,8-9,13H2,1H3. The molecule has 22 heavy (non-hydrogen) atoms. The van der Waals surface area contributed by atoms with Crippen molar-refractivity contribution in [1.82, 2.24) is 14.7 Å². The lowest BCUT2D eigenvalue weighted by atomic mass is 10.0. The Balaban J connectivity index is 1.49. The molecule has 3 heterocycles. The number of nitrogens with zero attached hydrogens (tertiary/aromatic N) is 3. The molecule has 2 aromatic rings. The van der Waals surface area contributed by atoms with Crippen LogP contribution in [0.1, 0.15) is 42.2 Å². The molecule has 0 radical (unpaired) electrons. The normalized spacial score (nSPS) is 18.6. The fraction of sp³-hybridized carbons (Fsp3) is 0.529. The van der Waals surface area contributed by atoms with E-state index >= 15 is 0 Å². The molecule has 0 bridgehead atoms. The minimum absolute atomic E-state index is 0.296. The summed E-state index contributed by atoms with van der Waals surface area (Å²) in [5.41, 5.74) is 1.18. The van der Waals surface area contributed by atoms with Gasteiger partial charge in [-0.25, -0.2) is 0 Å². The first-order chi connectivity index (χ1) is 10.7. The van der Waals surface area contributed by atoms with Gasteiger partial charge in [0, 0.05) is 30.6 Å². The lowest BCUT2D eigenvalue weighted by Crippen LogP contribution is -2.40. The molecule has 0 aliphatic carbocycles. The molecule has 4 nitrogen and oxygen atoms in total. The van der Waals surface area contributed by atoms with Gasteiger partial charge in [-0.15, -0.1) is 11.3 Å². The Hall–Kier alpha value is -1.62. The van der Waals surface area contributed by atoms with Crippen molar-refractivity contribution in [1.29, 1.82) is 0 Å². The van der Waals surface area contributed by atoms with E-state index < -0.39 is 0 Å². The lowest BCUT2D eigenvalue weighted by molar-refractivity contribution is -0.133. The number of hydrogen-bond acceptors (Lipinski definition) is 3. The summed E-state index contributed by atoms with van der Waals surface area (Å²) in [5.74, 6) is 0.296. The Morgan fingerprint density at radius 3 is 3.14 bits per heavy atom. The van der Waals surface area contributed by atoms with Gasteiger partial charge >= 0.3 is 0 Å². The average Bonchev–Trinajstić information content (AvgIpc) is 3.19. The summed E-state index contributed by atoms with van der Waals surface area (Å²) in [5, 5.41) is 6.50. The molecule has 0 aromatic carbocycles. The Morgan fingerprint density at radius 2 is 2.41 bits per heavy atom. The summed E-state index contributed by atoms with van der Waals surface area (Å²) in [7, 11) is 0. The van der Waals surface area contributed by atoms with Gasteiger partial charge in [0.1, 0.15) is 0 Å². The molecule has 1 aliphatic heterocycles. The number of piperidine rings is 1. The zero-order valence-electron chi connectivity index (χ0n) is 13.1. The van der Waals surface area contributed by atoms with Crippen molar-refractivity contribution in [3.05, 3.63) is 40.3 Å². The molecule has 1 saturated heterocycles. The van der Waals surface area contributed by atoms with Gasteiger partial charge in [0.05, 0.1) is 12.2 Å². The first kappa shape index (κ1) is 15.3. The number of rotatable bonds is 5. The summed E-state index contributed by atoms with van der Waals surface area (Å²) in [6.45, 7) is 3.76. The van der Waals surface area contributed by atoms with Gasteiger partial charge < -0.3 is 4.90 Å². The highest BCUT2D eigenvalue weighted by molar-refractivity contribution is 7.09. The largest absolute Gasteiger partial charge is 0.341 e. The molecule has 1 amide bonds. The highest BCUT2D eigenvalue weighted by Gasteiger charge is 2.24. The van der Waals surface area contributed by atoms with Crippen molar-refractivity contribution in [3.8, 4) is 0 Å². The first-order valence-electron chi connectivity index (χ1n) is 8.03. The molecule has 0 saturated carbocycles. The Labute approximate surface area is 135 Å². The Bertz CT molecular complexity index is 605. The van der Waals surface area contributed by atoms with E-state index in [1.165, 1.54) is 10.4 Å². The second-order valence-electron chi connectivity index (χ2n) is 6.07. The molecular formula is C17H23N3OS. The summed E-state index contributed by atoms with van der Waals surface area (Å²) in [6, 6.07) is 4.55. The van der Waals surface area contributed by atoms with Crippen LogP contribution in [0.4, 0.5) is 0 Å². The van der Waals surface area contributed by atoms with Gasteiger partial charge in [-0.1, -0.05) is 6.07 Å². The topological polar surface area (TPSA) is 38.1 Å². The van der Waals surface area contributed by atoms with E-state index in [9.17, 15) is 4.79 Å². The van der Waals surface area contributed by atoms with E-state index in [2.05, 4.69) is 35.7 Å². The molecule has 118 valence electrons. The molecule has 1 atom stereocenters. The van der Waals surface area contributed by atoms with Crippen LogP contribution in [0.15, 0.2) is 29.9 Å². The molecule has 1 unspecified atom stereocenters. The van der Waals surface area contributed by atoms with E-state index in [1.807, 2.05) is 15.8 Å². The van der Waals surface area contributed by atoms with Gasteiger partial charge in [-0.05, 0) is 49.6 Å². The van der Waals surface area contributed by atoms with Crippen molar-refractivity contribution in [3.63, 3.8) is 0 Å². The summed E-state index contributed by atoms with van der Waals surface area (Å²) < 4.78 is 2.03. The minimum atomic E-state index is 0.296. The predicted molar refractivity (Wildman–Crippen MR) is 89.1 cm³/mol. The van der Waals surface area contributed by atoms with Gasteiger partial charge in [0.15, 0.2) is 0 Å². The van der Waals surface area contributed by atoms with Crippen LogP contribution in [0.2, 0.25) is 0 Å². The fourth-order valence-electron chi connectivity index (χ4n) is 3.06. The van der Waals surface area contributed by atoms with Gasteiger partial charge in [0.25, 0.3) is 0 Å². The predicted octanol–water partition coefficient (Wildman–Crippen LogP) is 3.44. The molecule has 1 fully saturated rings. The van der Waals surface area contributed by atoms with E-state index in [1.54, 1.807) is 11.3 Å². The van der Waals surface area contributed by atoms with Crippen LogP contribution in [0.5, 0.6) is 0 Å². The smallest absolute Gasteiger partial charge is 0.222 e.